The Kier molecular flexibility index (Phi) is 3.90. The van der Waals surface area contributed by atoms with E-state index >= 15 is 0 Å². The zero-order valence-corrected chi connectivity index (χ0v) is 11.5. The van der Waals surface area contributed by atoms with Gasteiger partial charge < -0.3 is 15.4 Å². The monoisotopic (exact) mass is 257 g/mol. The zero-order chi connectivity index (χ0) is 13.8. The van der Waals surface area contributed by atoms with Gasteiger partial charge in [0.15, 0.2) is 11.6 Å². The Morgan fingerprint density at radius 3 is 2.74 bits per heavy atom. The van der Waals surface area contributed by atoms with E-state index in [0.717, 1.165) is 22.8 Å². The van der Waals surface area contributed by atoms with Crippen LogP contribution in [0.15, 0.2) is 42.6 Å². The van der Waals surface area contributed by atoms with Crippen molar-refractivity contribution in [2.75, 3.05) is 24.8 Å². The molecule has 1 atom stereocenters. The largest absolute Gasteiger partial charge is 0.493 e. The van der Waals surface area contributed by atoms with E-state index in [1.165, 1.54) is 0 Å². The van der Waals surface area contributed by atoms with Crippen LogP contribution in [0.5, 0.6) is 5.75 Å². The van der Waals surface area contributed by atoms with Crippen LogP contribution >= 0.6 is 0 Å². The third kappa shape index (κ3) is 2.78. The maximum atomic E-state index is 5.83. The first kappa shape index (κ1) is 13.2. The highest BCUT2D eigenvalue weighted by Crippen LogP contribution is 2.30. The van der Waals surface area contributed by atoms with Gasteiger partial charge in [-0.05, 0) is 36.8 Å². The van der Waals surface area contributed by atoms with Crippen molar-refractivity contribution in [1.29, 1.82) is 0 Å². The summed E-state index contributed by atoms with van der Waals surface area (Å²) in [5.41, 5.74) is 7.75. The first-order chi connectivity index (χ1) is 9.13. The molecule has 4 nitrogen and oxygen atoms in total. The number of nitrogens with two attached hydrogens (primary N) is 1. The molecule has 1 heterocycles. The average Bonchev–Trinajstić information content (AvgIpc) is 2.45. The first-order valence-corrected chi connectivity index (χ1v) is 6.20. The molecule has 0 radical (unpaired) electrons. The van der Waals surface area contributed by atoms with Crippen molar-refractivity contribution in [2.45, 2.75) is 13.0 Å². The highest BCUT2D eigenvalue weighted by Gasteiger charge is 2.16. The molecule has 0 bridgehead atoms. The van der Waals surface area contributed by atoms with E-state index in [4.69, 9.17) is 10.5 Å². The van der Waals surface area contributed by atoms with E-state index in [2.05, 4.69) is 22.9 Å². The summed E-state index contributed by atoms with van der Waals surface area (Å²) >= 11 is 0. The lowest BCUT2D eigenvalue weighted by atomic mass is 10.1. The van der Waals surface area contributed by atoms with E-state index in [0.29, 0.717) is 0 Å². The highest BCUT2D eigenvalue weighted by atomic mass is 16.5. The lowest BCUT2D eigenvalue weighted by Crippen LogP contribution is -2.23. The molecule has 0 saturated heterocycles. The van der Waals surface area contributed by atoms with Crippen molar-refractivity contribution < 1.29 is 4.74 Å². The molecular weight excluding hydrogens is 238 g/mol. The Hall–Kier alpha value is -2.23. The van der Waals surface area contributed by atoms with Crippen LogP contribution < -0.4 is 15.4 Å². The maximum absolute atomic E-state index is 5.83. The van der Waals surface area contributed by atoms with Crippen LogP contribution in [0.25, 0.3) is 0 Å². The molecule has 4 heteroatoms. The van der Waals surface area contributed by atoms with Gasteiger partial charge in [-0.3, -0.25) is 0 Å². The minimum Gasteiger partial charge on any atom is -0.493 e. The number of nitrogens with zero attached hydrogens (tertiary/aromatic N) is 2. The van der Waals surface area contributed by atoms with Gasteiger partial charge >= 0.3 is 0 Å². The topological polar surface area (TPSA) is 51.4 Å². The maximum Gasteiger partial charge on any atom is 0.171 e. The van der Waals surface area contributed by atoms with Crippen LogP contribution in [0.1, 0.15) is 18.5 Å². The van der Waals surface area contributed by atoms with Crippen molar-refractivity contribution in [2.24, 2.45) is 0 Å². The molecule has 0 fully saturated rings. The van der Waals surface area contributed by atoms with Crippen molar-refractivity contribution >= 4 is 11.5 Å². The van der Waals surface area contributed by atoms with Gasteiger partial charge in [0.1, 0.15) is 0 Å². The number of methoxy groups -OCH3 is 1. The molecule has 1 unspecified atom stereocenters. The Balaban J connectivity index is 2.30. The summed E-state index contributed by atoms with van der Waals surface area (Å²) in [6, 6.07) is 11.8. The second-order valence-corrected chi connectivity index (χ2v) is 4.49. The van der Waals surface area contributed by atoms with Crippen molar-refractivity contribution in [1.82, 2.24) is 4.98 Å². The van der Waals surface area contributed by atoms with Crippen LogP contribution in [0, 0.1) is 0 Å². The van der Waals surface area contributed by atoms with Gasteiger partial charge in [0, 0.05) is 18.9 Å². The van der Waals surface area contributed by atoms with Gasteiger partial charge in [-0.2, -0.15) is 0 Å². The van der Waals surface area contributed by atoms with E-state index in [1.807, 2.05) is 37.4 Å². The summed E-state index contributed by atoms with van der Waals surface area (Å²) in [4.78, 5) is 6.47. The minimum absolute atomic E-state index is 0.160. The number of hydrogen-bond donors (Lipinski definition) is 1. The highest BCUT2D eigenvalue weighted by molar-refractivity contribution is 5.54. The lowest BCUT2D eigenvalue weighted by Gasteiger charge is -2.27. The molecule has 2 N–H and O–H groups in total. The molecule has 0 aliphatic carbocycles. The second kappa shape index (κ2) is 5.61. The van der Waals surface area contributed by atoms with Crippen LogP contribution in [-0.4, -0.2) is 19.1 Å². The number of hydrogen-bond acceptors (Lipinski definition) is 4. The second-order valence-electron chi connectivity index (χ2n) is 4.49. The molecule has 0 saturated carbocycles. The fourth-order valence-electron chi connectivity index (χ4n) is 2.03. The van der Waals surface area contributed by atoms with Gasteiger partial charge in [0.25, 0.3) is 0 Å². The molecule has 100 valence electrons. The number of pyridine rings is 1. The van der Waals surface area contributed by atoms with Gasteiger partial charge in [-0.25, -0.2) is 4.98 Å². The normalized spacial score (nSPS) is 11.9. The molecule has 19 heavy (non-hydrogen) atoms. The Labute approximate surface area is 113 Å². The lowest BCUT2D eigenvalue weighted by molar-refractivity contribution is 0.412. The minimum atomic E-state index is 0.160. The summed E-state index contributed by atoms with van der Waals surface area (Å²) in [5.74, 6) is 1.58. The summed E-state index contributed by atoms with van der Waals surface area (Å²) in [5, 5.41) is 0. The van der Waals surface area contributed by atoms with Crippen LogP contribution in [0.3, 0.4) is 0 Å². The van der Waals surface area contributed by atoms with Crippen LogP contribution in [-0.2, 0) is 0 Å². The third-order valence-corrected chi connectivity index (χ3v) is 3.28. The zero-order valence-electron chi connectivity index (χ0n) is 11.5. The first-order valence-electron chi connectivity index (χ1n) is 6.20. The smallest absolute Gasteiger partial charge is 0.171 e. The van der Waals surface area contributed by atoms with Gasteiger partial charge in [0.2, 0.25) is 0 Å². The Morgan fingerprint density at radius 1 is 1.26 bits per heavy atom. The fraction of sp³-hybridized carbons (Fsp3) is 0.267. The SMILES string of the molecule is COc1cccnc1N(C)C(C)c1cccc(N)c1. The van der Waals surface area contributed by atoms with E-state index < -0.39 is 0 Å². The molecule has 1 aromatic heterocycles. The Morgan fingerprint density at radius 2 is 2.05 bits per heavy atom. The number of aromatic nitrogens is 1. The van der Waals surface area contributed by atoms with Crippen LogP contribution in [0.4, 0.5) is 11.5 Å². The van der Waals surface area contributed by atoms with Crippen LogP contribution in [0.2, 0.25) is 0 Å². The molecule has 0 aliphatic rings. The molecule has 0 amide bonds. The van der Waals surface area contributed by atoms with Gasteiger partial charge in [-0.15, -0.1) is 0 Å². The number of nitrogen functional groups attached to an aromatic ring is 1. The summed E-state index contributed by atoms with van der Waals surface area (Å²) < 4.78 is 5.35. The standard InChI is InChI=1S/C15H19N3O/c1-11(12-6-4-7-13(16)10-12)18(2)15-14(19-3)8-5-9-17-15/h4-11H,16H2,1-3H3. The number of ether oxygens (including phenoxy) is 1. The number of benzene rings is 1. The average molecular weight is 257 g/mol. The molecular formula is C15H19N3O. The van der Waals surface area contributed by atoms with Gasteiger partial charge in [0.05, 0.1) is 13.2 Å². The summed E-state index contributed by atoms with van der Waals surface area (Å²) in [6.07, 6.45) is 1.76. The van der Waals surface area contributed by atoms with Crippen molar-refractivity contribution in [3.05, 3.63) is 48.2 Å². The van der Waals surface area contributed by atoms with E-state index in [-0.39, 0.29) is 6.04 Å². The van der Waals surface area contributed by atoms with E-state index in [1.54, 1.807) is 13.3 Å². The third-order valence-electron chi connectivity index (χ3n) is 3.28. The predicted octanol–water partition coefficient (Wildman–Crippen LogP) is 2.87. The van der Waals surface area contributed by atoms with Crippen molar-refractivity contribution in [3.8, 4) is 5.75 Å². The molecule has 2 aromatic rings. The Bertz CT molecular complexity index is 557. The summed E-state index contributed by atoms with van der Waals surface area (Å²) in [7, 11) is 3.65. The number of rotatable bonds is 4. The van der Waals surface area contributed by atoms with Crippen molar-refractivity contribution in [3.63, 3.8) is 0 Å². The molecule has 0 aliphatic heterocycles. The van der Waals surface area contributed by atoms with Gasteiger partial charge in [-0.1, -0.05) is 12.1 Å². The fourth-order valence-corrected chi connectivity index (χ4v) is 2.03. The summed E-state index contributed by atoms with van der Waals surface area (Å²) in [6.45, 7) is 2.11. The molecule has 2 rings (SSSR count). The van der Waals surface area contributed by atoms with E-state index in [9.17, 15) is 0 Å². The molecule has 0 spiro atoms. The quantitative estimate of drug-likeness (QED) is 0.856. The number of anilines is 2. The predicted molar refractivity (Wildman–Crippen MR) is 78.5 cm³/mol. The molecule has 1 aromatic carbocycles.